The van der Waals surface area contributed by atoms with E-state index in [1.807, 2.05) is 29.1 Å². The minimum Gasteiger partial charge on any atom is -0.353 e. The molecule has 0 radical (unpaired) electrons. The lowest BCUT2D eigenvalue weighted by Crippen LogP contribution is -2.49. The van der Waals surface area contributed by atoms with Crippen molar-refractivity contribution >= 4 is 22.4 Å². The third kappa shape index (κ3) is 4.03. The van der Waals surface area contributed by atoms with Crippen molar-refractivity contribution in [2.75, 3.05) is 18.0 Å². The molecule has 1 amide bonds. The summed E-state index contributed by atoms with van der Waals surface area (Å²) in [5.74, 6) is 1.53. The minimum atomic E-state index is 0.0436. The van der Waals surface area contributed by atoms with Gasteiger partial charge in [-0.05, 0) is 43.2 Å². The van der Waals surface area contributed by atoms with E-state index in [-0.39, 0.29) is 11.8 Å². The van der Waals surface area contributed by atoms with Crippen LogP contribution in [0.3, 0.4) is 0 Å². The van der Waals surface area contributed by atoms with E-state index in [9.17, 15) is 4.79 Å². The molecule has 1 aliphatic heterocycles. The topological polar surface area (TPSA) is 63.1 Å². The Morgan fingerprint density at radius 3 is 2.70 bits per heavy atom. The van der Waals surface area contributed by atoms with Gasteiger partial charge in [0.05, 0.1) is 5.92 Å². The van der Waals surface area contributed by atoms with Gasteiger partial charge in [0.1, 0.15) is 0 Å². The molecule has 0 aromatic carbocycles. The van der Waals surface area contributed by atoms with Crippen molar-refractivity contribution in [2.45, 2.75) is 52.0 Å². The van der Waals surface area contributed by atoms with Crippen LogP contribution in [0.2, 0.25) is 0 Å². The maximum Gasteiger partial charge on any atom is 0.225 e. The Morgan fingerprint density at radius 2 is 1.89 bits per heavy atom. The second-order valence-electron chi connectivity index (χ2n) is 8.13. The molecule has 6 nitrogen and oxygen atoms in total. The van der Waals surface area contributed by atoms with E-state index in [1.54, 1.807) is 11.3 Å². The lowest BCUT2D eigenvalue weighted by atomic mass is 9.78. The maximum atomic E-state index is 12.9. The third-order valence-electron chi connectivity index (χ3n) is 6.33. The van der Waals surface area contributed by atoms with Crippen molar-refractivity contribution < 1.29 is 4.79 Å². The second-order valence-corrected chi connectivity index (χ2v) is 9.06. The van der Waals surface area contributed by atoms with Crippen molar-refractivity contribution in [2.24, 2.45) is 17.8 Å². The number of amides is 1. The predicted molar refractivity (Wildman–Crippen MR) is 108 cm³/mol. The largest absolute Gasteiger partial charge is 0.353 e. The van der Waals surface area contributed by atoms with Crippen LogP contribution in [0.5, 0.6) is 0 Å². The minimum absolute atomic E-state index is 0.0436. The number of nitrogens with one attached hydrogen (secondary N) is 1. The summed E-state index contributed by atoms with van der Waals surface area (Å²) in [6, 6.07) is 4.30. The molecular formula is C20H29N5OS. The van der Waals surface area contributed by atoms with Crippen molar-refractivity contribution in [3.05, 3.63) is 24.5 Å². The van der Waals surface area contributed by atoms with E-state index in [0.29, 0.717) is 17.9 Å². The Labute approximate surface area is 165 Å². The molecule has 1 N–H and O–H groups in total. The zero-order chi connectivity index (χ0) is 18.8. The Hall–Kier alpha value is -1.89. The quantitative estimate of drug-likeness (QED) is 0.872. The fourth-order valence-electron chi connectivity index (χ4n) is 4.35. The van der Waals surface area contributed by atoms with Gasteiger partial charge in [0.15, 0.2) is 0 Å². The van der Waals surface area contributed by atoms with E-state index < -0.39 is 0 Å². The summed E-state index contributed by atoms with van der Waals surface area (Å²) in [5, 5.41) is 13.8. The molecule has 1 saturated carbocycles. The van der Waals surface area contributed by atoms with Gasteiger partial charge in [0.2, 0.25) is 16.2 Å². The van der Waals surface area contributed by atoms with Gasteiger partial charge in [-0.15, -0.1) is 10.2 Å². The number of piperidine rings is 1. The summed E-state index contributed by atoms with van der Waals surface area (Å²) in [5.41, 5.74) is 0. The zero-order valence-electron chi connectivity index (χ0n) is 16.2. The Balaban J connectivity index is 1.38. The number of hydrogen-bond donors (Lipinski definition) is 1. The number of carbonyl (C=O) groups is 1. The molecule has 0 unspecified atom stereocenters. The number of carbonyl (C=O) groups excluding carboxylic acids is 1. The zero-order valence-corrected chi connectivity index (χ0v) is 17.0. The van der Waals surface area contributed by atoms with Crippen LogP contribution >= 0.6 is 11.3 Å². The van der Waals surface area contributed by atoms with Crippen LogP contribution in [-0.2, 0) is 4.79 Å². The first-order valence-corrected chi connectivity index (χ1v) is 11.0. The van der Waals surface area contributed by atoms with Crippen LogP contribution < -0.4 is 10.2 Å². The Morgan fingerprint density at radius 1 is 1.11 bits per heavy atom. The van der Waals surface area contributed by atoms with Gasteiger partial charge < -0.3 is 10.2 Å². The molecular weight excluding hydrogens is 358 g/mol. The molecule has 2 fully saturated rings. The molecule has 2 aliphatic rings. The Kier molecular flexibility index (Phi) is 5.48. The normalized spacial score (nSPS) is 28.9. The summed E-state index contributed by atoms with van der Waals surface area (Å²) >= 11 is 1.58. The highest BCUT2D eigenvalue weighted by Crippen LogP contribution is 2.31. The van der Waals surface area contributed by atoms with E-state index in [4.69, 9.17) is 0 Å². The summed E-state index contributed by atoms with van der Waals surface area (Å²) in [6.45, 7) is 6.28. The van der Waals surface area contributed by atoms with E-state index in [2.05, 4.69) is 34.3 Å². The molecule has 27 heavy (non-hydrogen) atoms. The maximum absolute atomic E-state index is 12.9. The average Bonchev–Trinajstić information content (AvgIpc) is 3.37. The fraction of sp³-hybridized carbons (Fsp3) is 0.650. The van der Waals surface area contributed by atoms with Gasteiger partial charge in [-0.2, -0.15) is 0 Å². The highest BCUT2D eigenvalue weighted by Gasteiger charge is 2.32. The van der Waals surface area contributed by atoms with Crippen LogP contribution in [-0.4, -0.2) is 39.8 Å². The molecule has 1 aliphatic carbocycles. The molecule has 4 atom stereocenters. The second kappa shape index (κ2) is 8.00. The van der Waals surface area contributed by atoms with Gasteiger partial charge in [-0.1, -0.05) is 38.0 Å². The van der Waals surface area contributed by atoms with Crippen molar-refractivity contribution in [3.8, 4) is 5.13 Å². The Bertz CT molecular complexity index is 758. The summed E-state index contributed by atoms with van der Waals surface area (Å²) < 4.78 is 1.97. The molecule has 146 valence electrons. The van der Waals surface area contributed by atoms with Gasteiger partial charge in [-0.25, -0.2) is 0 Å². The summed E-state index contributed by atoms with van der Waals surface area (Å²) in [6.07, 6.45) is 9.55. The number of nitrogens with zero attached hydrogens (tertiary/aromatic N) is 4. The molecule has 3 heterocycles. The molecule has 7 heteroatoms. The molecule has 2 aromatic heterocycles. The number of rotatable bonds is 4. The van der Waals surface area contributed by atoms with E-state index in [1.165, 1.54) is 12.8 Å². The fourth-order valence-corrected chi connectivity index (χ4v) is 5.20. The van der Waals surface area contributed by atoms with Gasteiger partial charge in [-0.3, -0.25) is 9.36 Å². The monoisotopic (exact) mass is 387 g/mol. The highest BCUT2D eigenvalue weighted by molar-refractivity contribution is 7.17. The summed E-state index contributed by atoms with van der Waals surface area (Å²) in [4.78, 5) is 15.1. The van der Waals surface area contributed by atoms with Gasteiger partial charge in [0.25, 0.3) is 0 Å². The molecule has 2 aromatic rings. The highest BCUT2D eigenvalue weighted by atomic mass is 32.1. The first-order valence-electron chi connectivity index (χ1n) is 10.1. The van der Waals surface area contributed by atoms with Crippen molar-refractivity contribution in [1.82, 2.24) is 20.1 Å². The van der Waals surface area contributed by atoms with Crippen LogP contribution in [0.25, 0.3) is 5.13 Å². The molecule has 1 saturated heterocycles. The van der Waals surface area contributed by atoms with E-state index >= 15 is 0 Å². The lowest BCUT2D eigenvalue weighted by Gasteiger charge is -2.37. The predicted octanol–water partition coefficient (Wildman–Crippen LogP) is 3.49. The van der Waals surface area contributed by atoms with E-state index in [0.717, 1.165) is 42.6 Å². The standard InChI is InChI=1S/C20H29N5OS/c1-14-7-5-9-17(15(14)2)21-18(26)16-8-6-12-25(13-16)20-23-22-19(27-20)24-10-3-4-11-24/h3-4,10-11,14-17H,5-9,12-13H2,1-2H3,(H,21,26)/t14-,15-,16+,17+/m1/s1. The molecule has 4 rings (SSSR count). The van der Waals surface area contributed by atoms with Crippen LogP contribution in [0.1, 0.15) is 46.0 Å². The van der Waals surface area contributed by atoms with Crippen LogP contribution in [0, 0.1) is 17.8 Å². The van der Waals surface area contributed by atoms with Crippen molar-refractivity contribution in [1.29, 1.82) is 0 Å². The molecule has 0 bridgehead atoms. The van der Waals surface area contributed by atoms with Crippen molar-refractivity contribution in [3.63, 3.8) is 0 Å². The van der Waals surface area contributed by atoms with Gasteiger partial charge >= 0.3 is 0 Å². The SMILES string of the molecule is C[C@@H]1[C@H](C)CCC[C@@H]1NC(=O)[C@H]1CCCN(c2nnc(-n3cccc3)s2)C1. The molecule has 0 spiro atoms. The number of anilines is 1. The van der Waals surface area contributed by atoms with Gasteiger partial charge in [0, 0.05) is 31.5 Å². The summed E-state index contributed by atoms with van der Waals surface area (Å²) in [7, 11) is 0. The van der Waals surface area contributed by atoms with Crippen LogP contribution in [0.4, 0.5) is 5.13 Å². The lowest BCUT2D eigenvalue weighted by molar-refractivity contribution is -0.126. The third-order valence-corrected chi connectivity index (χ3v) is 7.32. The van der Waals surface area contributed by atoms with Crippen LogP contribution in [0.15, 0.2) is 24.5 Å². The smallest absolute Gasteiger partial charge is 0.225 e. The first-order chi connectivity index (χ1) is 13.1. The average molecular weight is 388 g/mol. The number of aromatic nitrogens is 3. The first kappa shape index (κ1) is 18.5. The number of hydrogen-bond acceptors (Lipinski definition) is 5.